The number of allylic oxidation sites excluding steroid dienone is 4. The van der Waals surface area contributed by atoms with Gasteiger partial charge in [-0.05, 0) is 31.6 Å². The molecule has 1 rings (SSSR count). The molecule has 0 unspecified atom stereocenters. The fraction of sp³-hybridized carbons (Fsp3) is 0.263. The van der Waals surface area contributed by atoms with Crippen molar-refractivity contribution in [3.63, 3.8) is 0 Å². The zero-order valence-electron chi connectivity index (χ0n) is 15.5. The monoisotopic (exact) mass is 529 g/mol. The van der Waals surface area contributed by atoms with Crippen LogP contribution >= 0.6 is 0 Å². The normalized spacial score (nSPS) is 9.50. The topological polar surface area (TPSA) is 114 Å². The molecule has 26 heavy (non-hydrogen) atoms. The minimum atomic E-state index is -0.187. The number of rotatable bonds is 4. The molecule has 0 amide bonds. The summed E-state index contributed by atoms with van der Waals surface area (Å²) in [5.74, 6) is -0.750. The van der Waals surface area contributed by atoms with Crippen LogP contribution in [0.15, 0.2) is 54.0 Å². The summed E-state index contributed by atoms with van der Waals surface area (Å²) in [6.45, 7) is 11.7. The second kappa shape index (κ2) is 23.0. The molecule has 0 saturated carbocycles. The molecule has 1 aromatic rings. The van der Waals surface area contributed by atoms with E-state index in [2.05, 4.69) is 12.0 Å². The third kappa shape index (κ3) is 33.6. The average Bonchev–Trinajstić information content (AvgIpc) is 2.49. The van der Waals surface area contributed by atoms with Crippen LogP contribution in [-0.4, -0.2) is 18.6 Å². The summed E-state index contributed by atoms with van der Waals surface area (Å²) in [5.41, 5.74) is 1.15. The van der Waals surface area contributed by atoms with E-state index in [9.17, 15) is 19.8 Å². The summed E-state index contributed by atoms with van der Waals surface area (Å²) in [4.78, 5) is 20.0. The van der Waals surface area contributed by atoms with Crippen molar-refractivity contribution in [2.45, 2.75) is 27.7 Å². The van der Waals surface area contributed by atoms with Gasteiger partial charge in [0.15, 0.2) is 11.6 Å². The van der Waals surface area contributed by atoms with Crippen molar-refractivity contribution in [2.75, 3.05) is 7.05 Å². The number of carbonyl (C=O) groups excluding carboxylic acids is 2. The van der Waals surface area contributed by atoms with Gasteiger partial charge in [0.1, 0.15) is 0 Å². The van der Waals surface area contributed by atoms with Crippen molar-refractivity contribution < 1.29 is 45.5 Å². The third-order valence-electron chi connectivity index (χ3n) is 1.89. The number of nitrogens with zero attached hydrogens (tertiary/aromatic N) is 1. The second-order valence-electron chi connectivity index (χ2n) is 4.53. The molecule has 1 aromatic carbocycles. The van der Waals surface area contributed by atoms with Crippen molar-refractivity contribution in [1.82, 2.24) is 5.32 Å². The zero-order valence-corrected chi connectivity index (χ0v) is 18.4. The molecule has 6 nitrogen and oxygen atoms in total. The zero-order chi connectivity index (χ0) is 20.3. The van der Waals surface area contributed by atoms with Crippen LogP contribution < -0.4 is 15.5 Å². The summed E-state index contributed by atoms with van der Waals surface area (Å²) in [6.07, 6.45) is 2.11. The van der Waals surface area contributed by atoms with Gasteiger partial charge in [0.2, 0.25) is 0 Å². The van der Waals surface area contributed by atoms with Crippen LogP contribution in [0.2, 0.25) is 0 Å². The molecule has 0 N–H and O–H groups in total. The molecule has 0 aromatic heterocycles. The van der Waals surface area contributed by atoms with Crippen LogP contribution in [0, 0.1) is 13.2 Å². The molecule has 2 radical (unpaired) electrons. The molecule has 0 bridgehead atoms. The first kappa shape index (κ1) is 31.8. The van der Waals surface area contributed by atoms with Crippen LogP contribution in [0.3, 0.4) is 0 Å². The maximum absolute atomic E-state index is 9.98. The van der Waals surface area contributed by atoms with Crippen LogP contribution in [0.4, 0.5) is 0 Å². The molecule has 0 fully saturated rings. The molecule has 0 aliphatic carbocycles. The van der Waals surface area contributed by atoms with Gasteiger partial charge in [-0.1, -0.05) is 44.2 Å². The van der Waals surface area contributed by atoms with Crippen molar-refractivity contribution in [3.05, 3.63) is 72.8 Å². The van der Waals surface area contributed by atoms with Crippen molar-refractivity contribution in [1.29, 1.82) is 0 Å². The molecule has 7 heteroatoms. The summed E-state index contributed by atoms with van der Waals surface area (Å²) < 4.78 is 7.50. The quantitative estimate of drug-likeness (QED) is 0.251. The smallest absolute Gasteiger partial charge is 2.00 e. The van der Waals surface area contributed by atoms with Gasteiger partial charge in [0.25, 0.3) is 0 Å². The van der Waals surface area contributed by atoms with E-state index in [1.807, 2.05) is 36.9 Å². The maximum Gasteiger partial charge on any atom is 2.00 e. The number of hydrogen-bond acceptors (Lipinski definition) is 4. The first-order chi connectivity index (χ1) is 11.7. The molecule has 0 spiro atoms. The van der Waals surface area contributed by atoms with Crippen molar-refractivity contribution in [2.24, 2.45) is 0 Å². The molecule has 0 heterocycles. The summed E-state index contributed by atoms with van der Waals surface area (Å²) in [6, 6.07) is 10.0. The van der Waals surface area contributed by atoms with E-state index in [0.29, 0.717) is 0 Å². The number of carbonyl (C=O) groups is 2. The van der Waals surface area contributed by atoms with Crippen molar-refractivity contribution >= 4 is 11.6 Å². The predicted octanol–water partition coefficient (Wildman–Crippen LogP) is 1.07. The van der Waals surface area contributed by atoms with Gasteiger partial charge in [-0.25, -0.2) is 5.32 Å². The Kier molecular flexibility index (Phi) is 28.1. The Labute approximate surface area is 170 Å². The minimum absolute atomic E-state index is 0. The Hall–Kier alpha value is -1.97. The van der Waals surface area contributed by atoms with Gasteiger partial charge < -0.3 is 10.2 Å². The van der Waals surface area contributed by atoms with Gasteiger partial charge in [-0.15, -0.1) is 11.5 Å². The summed E-state index contributed by atoms with van der Waals surface area (Å²) in [5, 5.41) is 23.8. The fourth-order valence-electron chi connectivity index (χ4n) is 1.26. The van der Waals surface area contributed by atoms with E-state index in [0.717, 1.165) is 17.7 Å². The summed E-state index contributed by atoms with van der Waals surface area (Å²) in [7, 11) is 1.77. The van der Waals surface area contributed by atoms with Crippen LogP contribution in [0.1, 0.15) is 33.3 Å². The Morgan fingerprint density at radius 3 is 1.46 bits per heavy atom. The standard InChI is InChI=1S/C8H9N.2C5H8O2.CO.W/c1-9-7-8-5-3-2-4-6-8;2*1-4(6)3-5(2)7;1-2;/h2-7H,1H3;2*3,6H,1-2H3;;/q;;;;+2/p-2/b;2*4-3+;;. The van der Waals surface area contributed by atoms with E-state index in [4.69, 9.17) is 4.65 Å². The van der Waals surface area contributed by atoms with E-state index >= 15 is 0 Å². The van der Waals surface area contributed by atoms with E-state index in [1.54, 1.807) is 7.05 Å². The third-order valence-corrected chi connectivity index (χ3v) is 1.89. The minimum Gasteiger partial charge on any atom is 2.00 e. The van der Waals surface area contributed by atoms with E-state index < -0.39 is 0 Å². The molecule has 0 saturated heterocycles. The molecule has 0 atom stereocenters. The van der Waals surface area contributed by atoms with Crippen LogP contribution in [0.25, 0.3) is 0 Å². The van der Waals surface area contributed by atoms with Gasteiger partial charge in [0.05, 0.1) is 6.54 Å². The number of benzene rings is 1. The second-order valence-corrected chi connectivity index (χ2v) is 4.53. The molecule has 0 aliphatic rings. The molecular weight excluding hydrogens is 506 g/mol. The number of ketones is 2. The Bertz CT molecular complexity index is 530. The Morgan fingerprint density at radius 1 is 0.923 bits per heavy atom. The van der Waals surface area contributed by atoms with Gasteiger partial charge in [0, 0.05) is 7.05 Å². The largest absolute Gasteiger partial charge is 2.00 e. The fourth-order valence-corrected chi connectivity index (χ4v) is 1.26. The average molecular weight is 529 g/mol. The molecule has 140 valence electrons. The SMILES string of the molecule is CC(=O)/C=C(\C)[O-].CC(=O)/C=C(\C)[O-].C[N][CH]c1ccccc1.[C-]#[O+].[W+2]. The van der Waals surface area contributed by atoms with Gasteiger partial charge >= 0.3 is 32.4 Å². The first-order valence-corrected chi connectivity index (χ1v) is 7.08. The summed E-state index contributed by atoms with van der Waals surface area (Å²) >= 11 is 0. The van der Waals surface area contributed by atoms with Crippen LogP contribution in [0.5, 0.6) is 0 Å². The van der Waals surface area contributed by atoms with Gasteiger partial charge in [-0.3, -0.25) is 9.59 Å². The van der Waals surface area contributed by atoms with Gasteiger partial charge in [-0.2, -0.15) is 0 Å². The van der Waals surface area contributed by atoms with E-state index in [-0.39, 0.29) is 44.2 Å². The predicted molar refractivity (Wildman–Crippen MR) is 90.7 cm³/mol. The Balaban J connectivity index is -0.000000132. The van der Waals surface area contributed by atoms with E-state index in [1.165, 1.54) is 27.7 Å². The maximum atomic E-state index is 9.98. The first-order valence-electron chi connectivity index (χ1n) is 7.08. The Morgan fingerprint density at radius 2 is 1.27 bits per heavy atom. The number of hydrogen-bond donors (Lipinski definition) is 0. The molecular formula is C19H23NO5W. The van der Waals surface area contributed by atoms with Crippen molar-refractivity contribution in [3.8, 4) is 0 Å². The molecule has 0 aliphatic heterocycles. The van der Waals surface area contributed by atoms with Crippen LogP contribution in [-0.2, 0) is 35.3 Å².